The van der Waals surface area contributed by atoms with Crippen molar-refractivity contribution in [1.82, 2.24) is 19.4 Å². The second-order valence-corrected chi connectivity index (χ2v) is 8.03. The lowest BCUT2D eigenvalue weighted by molar-refractivity contribution is -0.182. The molecule has 1 aromatic carbocycles. The quantitative estimate of drug-likeness (QED) is 0.631. The minimum atomic E-state index is -0.569. The highest BCUT2D eigenvalue weighted by Gasteiger charge is 2.23. The smallest absolute Gasteiger partial charge is 0.350 e. The Morgan fingerprint density at radius 1 is 1.31 bits per heavy atom. The Kier molecular flexibility index (Phi) is 7.73. The van der Waals surface area contributed by atoms with E-state index in [0.29, 0.717) is 41.2 Å². The van der Waals surface area contributed by atoms with Gasteiger partial charge in [-0.25, -0.2) is 9.86 Å². The van der Waals surface area contributed by atoms with Crippen LogP contribution in [0.4, 0.5) is 5.69 Å². The van der Waals surface area contributed by atoms with Crippen molar-refractivity contribution < 1.29 is 9.63 Å². The molecule has 1 unspecified atom stereocenters. The molecule has 2 aromatic rings. The first-order chi connectivity index (χ1) is 13.6. The average Bonchev–Trinajstić information content (AvgIpc) is 2.92. The van der Waals surface area contributed by atoms with Crippen LogP contribution >= 0.6 is 23.2 Å². The number of nitrogens with zero attached hydrogens (tertiary/aromatic N) is 4. The summed E-state index contributed by atoms with van der Waals surface area (Å²) < 4.78 is 2.62. The van der Waals surface area contributed by atoms with Crippen molar-refractivity contribution >= 4 is 34.8 Å². The van der Waals surface area contributed by atoms with Gasteiger partial charge >= 0.3 is 5.69 Å². The van der Waals surface area contributed by atoms with Gasteiger partial charge in [0.1, 0.15) is 11.9 Å². The zero-order valence-electron chi connectivity index (χ0n) is 17.5. The van der Waals surface area contributed by atoms with Gasteiger partial charge in [-0.2, -0.15) is 9.78 Å². The van der Waals surface area contributed by atoms with Crippen LogP contribution in [-0.4, -0.2) is 45.0 Å². The third kappa shape index (κ3) is 5.32. The van der Waals surface area contributed by atoms with E-state index >= 15 is 0 Å². The summed E-state index contributed by atoms with van der Waals surface area (Å²) in [4.78, 5) is 30.6. The molecule has 0 aliphatic heterocycles. The molecule has 8 nitrogen and oxygen atoms in total. The van der Waals surface area contributed by atoms with Crippen LogP contribution in [0.3, 0.4) is 0 Å². The van der Waals surface area contributed by atoms with E-state index in [1.54, 1.807) is 27.1 Å². The van der Waals surface area contributed by atoms with Gasteiger partial charge in [0.25, 0.3) is 5.91 Å². The van der Waals surface area contributed by atoms with E-state index in [4.69, 9.17) is 28.0 Å². The number of amides is 1. The van der Waals surface area contributed by atoms with Crippen LogP contribution in [0, 0.1) is 12.8 Å². The van der Waals surface area contributed by atoms with Gasteiger partial charge in [0.05, 0.1) is 28.0 Å². The summed E-state index contributed by atoms with van der Waals surface area (Å²) in [5.74, 6) is 0.610. The molecule has 0 fully saturated rings. The van der Waals surface area contributed by atoms with E-state index in [9.17, 15) is 9.59 Å². The van der Waals surface area contributed by atoms with Crippen LogP contribution in [0.1, 0.15) is 33.0 Å². The molecule has 0 aliphatic carbocycles. The van der Waals surface area contributed by atoms with Crippen molar-refractivity contribution in [3.05, 3.63) is 38.5 Å². The zero-order chi connectivity index (χ0) is 21.9. The average molecular weight is 444 g/mol. The van der Waals surface area contributed by atoms with E-state index < -0.39 is 6.04 Å². The number of hydrogen-bond acceptors (Lipinski definition) is 5. The van der Waals surface area contributed by atoms with E-state index in [2.05, 4.69) is 10.4 Å². The molecule has 0 saturated carbocycles. The predicted octanol–water partition coefficient (Wildman–Crippen LogP) is 3.42. The van der Waals surface area contributed by atoms with Crippen LogP contribution in [0.15, 0.2) is 16.9 Å². The summed E-state index contributed by atoms with van der Waals surface area (Å²) in [6.07, 6.45) is 0.505. The highest BCUT2D eigenvalue weighted by atomic mass is 35.5. The normalized spacial score (nSPS) is 12.3. The highest BCUT2D eigenvalue weighted by Crippen LogP contribution is 2.31. The Labute approximate surface area is 180 Å². The second kappa shape index (κ2) is 9.65. The molecular weight excluding hydrogens is 417 g/mol. The van der Waals surface area contributed by atoms with Crippen LogP contribution in [0.25, 0.3) is 5.69 Å². The molecule has 2 rings (SSSR count). The number of nitrogens with one attached hydrogen (secondary N) is 1. The fourth-order valence-electron chi connectivity index (χ4n) is 2.57. The number of likely N-dealkylation sites (N-methyl/N-ethyl adjacent to an activating group) is 1. The monoisotopic (exact) mass is 443 g/mol. The molecule has 0 saturated heterocycles. The lowest BCUT2D eigenvalue weighted by Crippen LogP contribution is -2.41. The lowest BCUT2D eigenvalue weighted by Gasteiger charge is -2.25. The van der Waals surface area contributed by atoms with Gasteiger partial charge < -0.3 is 5.32 Å². The molecule has 0 spiro atoms. The molecule has 1 amide bonds. The SMILES string of the molecule is CCC(Nc1cc(-n2nc(C)n(C)c2=O)c(Cl)cc1Cl)C(=O)N(C)OCC(C)C. The van der Waals surface area contributed by atoms with Crippen molar-refractivity contribution in [3.63, 3.8) is 0 Å². The number of aryl methyl sites for hydroxylation is 1. The van der Waals surface area contributed by atoms with Crippen molar-refractivity contribution in [1.29, 1.82) is 0 Å². The minimum Gasteiger partial charge on any atom is -0.372 e. The largest absolute Gasteiger partial charge is 0.372 e. The summed E-state index contributed by atoms with van der Waals surface area (Å²) in [6.45, 7) is 8.05. The van der Waals surface area contributed by atoms with Gasteiger partial charge in [0.15, 0.2) is 0 Å². The number of aromatic nitrogens is 3. The number of carbonyl (C=O) groups excluding carboxylic acids is 1. The van der Waals surface area contributed by atoms with Gasteiger partial charge in [0, 0.05) is 14.1 Å². The van der Waals surface area contributed by atoms with E-state index in [1.807, 2.05) is 20.8 Å². The first-order valence-electron chi connectivity index (χ1n) is 9.35. The summed E-state index contributed by atoms with van der Waals surface area (Å²) in [6, 6.07) is 2.57. The Hall–Kier alpha value is -2.03. The maximum atomic E-state index is 12.7. The molecule has 1 aromatic heterocycles. The minimum absolute atomic E-state index is 0.230. The van der Waals surface area contributed by atoms with Gasteiger partial charge in [0.2, 0.25) is 0 Å². The first kappa shape index (κ1) is 23.3. The van der Waals surface area contributed by atoms with Crippen LogP contribution < -0.4 is 11.0 Å². The maximum absolute atomic E-state index is 12.7. The van der Waals surface area contributed by atoms with E-state index in [-0.39, 0.29) is 16.6 Å². The van der Waals surface area contributed by atoms with Crippen LogP contribution in [0.2, 0.25) is 10.0 Å². The van der Waals surface area contributed by atoms with Crippen molar-refractivity contribution in [3.8, 4) is 5.69 Å². The molecule has 160 valence electrons. The van der Waals surface area contributed by atoms with Crippen molar-refractivity contribution in [2.75, 3.05) is 19.0 Å². The first-order valence-corrected chi connectivity index (χ1v) is 10.1. The van der Waals surface area contributed by atoms with Crippen LogP contribution in [0.5, 0.6) is 0 Å². The van der Waals surface area contributed by atoms with Crippen molar-refractivity contribution in [2.24, 2.45) is 13.0 Å². The Bertz CT molecular complexity index is 939. The van der Waals surface area contributed by atoms with E-state index in [0.717, 1.165) is 0 Å². The number of hydrogen-bond donors (Lipinski definition) is 1. The molecule has 29 heavy (non-hydrogen) atoms. The van der Waals surface area contributed by atoms with Gasteiger partial charge in [-0.15, -0.1) is 0 Å². The van der Waals surface area contributed by atoms with Gasteiger partial charge in [-0.3, -0.25) is 14.2 Å². The Morgan fingerprint density at radius 3 is 2.48 bits per heavy atom. The summed E-state index contributed by atoms with van der Waals surface area (Å²) in [5, 5.41) is 9.20. The molecular formula is C19H27Cl2N5O3. The molecule has 0 aliphatic rings. The van der Waals surface area contributed by atoms with E-state index in [1.165, 1.54) is 20.4 Å². The number of carbonyl (C=O) groups is 1. The number of halogens is 2. The molecule has 1 N–H and O–H groups in total. The van der Waals surface area contributed by atoms with Gasteiger partial charge in [-0.1, -0.05) is 44.0 Å². The fraction of sp³-hybridized carbons (Fsp3) is 0.526. The zero-order valence-corrected chi connectivity index (χ0v) is 19.0. The summed E-state index contributed by atoms with van der Waals surface area (Å²) in [7, 11) is 3.21. The number of rotatable bonds is 8. The second-order valence-electron chi connectivity index (χ2n) is 7.21. The summed E-state index contributed by atoms with van der Waals surface area (Å²) >= 11 is 12.6. The highest BCUT2D eigenvalue weighted by molar-refractivity contribution is 6.37. The third-order valence-electron chi connectivity index (χ3n) is 4.41. The lowest BCUT2D eigenvalue weighted by atomic mass is 10.2. The number of benzene rings is 1. The summed E-state index contributed by atoms with van der Waals surface area (Å²) in [5.41, 5.74) is 0.514. The fourth-order valence-corrected chi connectivity index (χ4v) is 3.09. The molecule has 1 atom stereocenters. The Morgan fingerprint density at radius 2 is 1.97 bits per heavy atom. The topological polar surface area (TPSA) is 81.4 Å². The molecule has 0 bridgehead atoms. The molecule has 1 heterocycles. The standard InChI is InChI=1S/C19H27Cl2N5O3/c1-7-15(18(27)25(6)29-10-11(2)3)22-16-9-17(14(21)8-13(16)20)26-19(28)24(5)12(4)23-26/h8-9,11,15,22H,7,10H2,1-6H3. The number of anilines is 1. The molecule has 10 heteroatoms. The maximum Gasteiger partial charge on any atom is 0.350 e. The Balaban J connectivity index is 2.33. The van der Waals surface area contributed by atoms with Crippen molar-refractivity contribution in [2.45, 2.75) is 40.2 Å². The van der Waals surface area contributed by atoms with Crippen LogP contribution in [-0.2, 0) is 16.7 Å². The van der Waals surface area contributed by atoms with Gasteiger partial charge in [-0.05, 0) is 31.4 Å². The third-order valence-corrected chi connectivity index (χ3v) is 5.03. The number of hydroxylamine groups is 2. The predicted molar refractivity (Wildman–Crippen MR) is 115 cm³/mol. The molecule has 0 radical (unpaired) electrons.